The molecule has 23 heavy (non-hydrogen) atoms. The first-order valence-electron chi connectivity index (χ1n) is 6.59. The number of hydrogen-bond donors (Lipinski definition) is 1. The fourth-order valence-electron chi connectivity index (χ4n) is 1.74. The minimum Gasteiger partial charge on any atom is -0.455 e. The van der Waals surface area contributed by atoms with Crippen LogP contribution in [0.15, 0.2) is 46.9 Å². The number of rotatable bonds is 5. The van der Waals surface area contributed by atoms with Crippen LogP contribution in [0.2, 0.25) is 5.02 Å². The molecule has 0 aromatic heterocycles. The van der Waals surface area contributed by atoms with Crippen LogP contribution in [0.25, 0.3) is 0 Å². The normalized spacial score (nSPS) is 10.2. The molecule has 2 aromatic carbocycles. The topological polar surface area (TPSA) is 55.4 Å². The molecule has 0 unspecified atom stereocenters. The quantitative estimate of drug-likeness (QED) is 0.773. The molecule has 2 rings (SSSR count). The maximum absolute atomic E-state index is 12.9. The number of esters is 1. The van der Waals surface area contributed by atoms with Gasteiger partial charge in [0.05, 0.1) is 17.1 Å². The van der Waals surface area contributed by atoms with Gasteiger partial charge in [-0.05, 0) is 35.9 Å². The van der Waals surface area contributed by atoms with Crippen molar-refractivity contribution in [1.29, 1.82) is 0 Å². The molecule has 7 heteroatoms. The second-order valence-corrected chi connectivity index (χ2v) is 5.96. The Morgan fingerprint density at radius 1 is 1.17 bits per heavy atom. The molecule has 1 amide bonds. The van der Waals surface area contributed by atoms with E-state index in [1.54, 1.807) is 12.1 Å². The molecule has 0 saturated heterocycles. The highest BCUT2D eigenvalue weighted by Gasteiger charge is 2.10. The lowest BCUT2D eigenvalue weighted by molar-refractivity contribution is -0.146. The zero-order valence-electron chi connectivity index (χ0n) is 11.8. The van der Waals surface area contributed by atoms with Gasteiger partial charge in [0.25, 0.3) is 5.91 Å². The molecular formula is C16H12BrClFNO3. The Hall–Kier alpha value is -1.92. The van der Waals surface area contributed by atoms with Crippen LogP contribution in [-0.4, -0.2) is 18.5 Å². The van der Waals surface area contributed by atoms with Crippen LogP contribution in [0, 0.1) is 5.82 Å². The Morgan fingerprint density at radius 2 is 1.87 bits per heavy atom. The highest BCUT2D eigenvalue weighted by atomic mass is 79.9. The van der Waals surface area contributed by atoms with E-state index >= 15 is 0 Å². The molecule has 120 valence electrons. The monoisotopic (exact) mass is 399 g/mol. The third-order valence-electron chi connectivity index (χ3n) is 2.83. The molecule has 0 aliphatic carbocycles. The third kappa shape index (κ3) is 5.65. The highest BCUT2D eigenvalue weighted by Crippen LogP contribution is 2.22. The summed E-state index contributed by atoms with van der Waals surface area (Å²) in [5.74, 6) is -1.58. The summed E-state index contributed by atoms with van der Waals surface area (Å²) in [6.45, 7) is -0.441. The number of carbonyl (C=O) groups is 2. The van der Waals surface area contributed by atoms with E-state index in [2.05, 4.69) is 21.2 Å². The molecule has 2 aromatic rings. The average Bonchev–Trinajstić information content (AvgIpc) is 2.50. The summed E-state index contributed by atoms with van der Waals surface area (Å²) in [5, 5.41) is 2.51. The van der Waals surface area contributed by atoms with Crippen molar-refractivity contribution in [2.45, 2.75) is 6.42 Å². The largest absolute Gasteiger partial charge is 0.455 e. The Kier molecular flexibility index (Phi) is 6.12. The lowest BCUT2D eigenvalue weighted by Crippen LogP contribution is -2.21. The van der Waals surface area contributed by atoms with Crippen molar-refractivity contribution in [1.82, 2.24) is 0 Å². The minimum atomic E-state index is -0.553. The summed E-state index contributed by atoms with van der Waals surface area (Å²) in [7, 11) is 0. The maximum Gasteiger partial charge on any atom is 0.310 e. The molecule has 0 spiro atoms. The van der Waals surface area contributed by atoms with Crippen LogP contribution in [0.1, 0.15) is 5.56 Å². The summed E-state index contributed by atoms with van der Waals surface area (Å²) < 4.78 is 18.7. The van der Waals surface area contributed by atoms with Crippen LogP contribution in [0.3, 0.4) is 0 Å². The van der Waals surface area contributed by atoms with Crippen molar-refractivity contribution in [2.75, 3.05) is 11.9 Å². The summed E-state index contributed by atoms with van der Waals surface area (Å²) in [6.07, 6.45) is 0.0673. The van der Waals surface area contributed by atoms with Gasteiger partial charge in [0.2, 0.25) is 0 Å². The van der Waals surface area contributed by atoms with Crippen molar-refractivity contribution in [3.05, 3.63) is 63.3 Å². The van der Waals surface area contributed by atoms with Gasteiger partial charge in [-0.15, -0.1) is 0 Å². The molecule has 1 N–H and O–H groups in total. The summed E-state index contributed by atoms with van der Waals surface area (Å²) in [4.78, 5) is 23.4. The van der Waals surface area contributed by atoms with Gasteiger partial charge in [-0.3, -0.25) is 9.59 Å². The molecule has 4 nitrogen and oxygen atoms in total. The predicted octanol–water partition coefficient (Wildman–Crippen LogP) is 3.97. The molecule has 0 heterocycles. The van der Waals surface area contributed by atoms with Gasteiger partial charge in [0.1, 0.15) is 5.82 Å². The summed E-state index contributed by atoms with van der Waals surface area (Å²) in [6, 6.07) is 10.8. The fourth-order valence-corrected chi connectivity index (χ4v) is 2.22. The van der Waals surface area contributed by atoms with Crippen LogP contribution >= 0.6 is 27.5 Å². The lowest BCUT2D eigenvalue weighted by Gasteiger charge is -2.08. The van der Waals surface area contributed by atoms with Gasteiger partial charge in [0, 0.05) is 4.47 Å². The van der Waals surface area contributed by atoms with E-state index in [0.29, 0.717) is 0 Å². The number of amides is 1. The van der Waals surface area contributed by atoms with Crippen molar-refractivity contribution in [2.24, 2.45) is 0 Å². The lowest BCUT2D eigenvalue weighted by atomic mass is 10.2. The molecule has 0 fully saturated rings. The van der Waals surface area contributed by atoms with Gasteiger partial charge in [-0.2, -0.15) is 0 Å². The SMILES string of the molecule is O=C(COC(=O)Cc1ccc(Br)cc1)Nc1ccc(F)cc1Cl. The zero-order chi connectivity index (χ0) is 16.8. The Bertz CT molecular complexity index is 722. The smallest absolute Gasteiger partial charge is 0.310 e. The number of nitrogens with one attached hydrogen (secondary N) is 1. The van der Waals surface area contributed by atoms with Gasteiger partial charge in [-0.1, -0.05) is 39.7 Å². The maximum atomic E-state index is 12.9. The molecule has 0 aliphatic heterocycles. The van der Waals surface area contributed by atoms with Crippen molar-refractivity contribution < 1.29 is 18.7 Å². The number of carbonyl (C=O) groups excluding carboxylic acids is 2. The molecule has 0 bridgehead atoms. The second kappa shape index (κ2) is 8.08. The number of anilines is 1. The predicted molar refractivity (Wildman–Crippen MR) is 88.8 cm³/mol. The molecule has 0 saturated carbocycles. The second-order valence-electron chi connectivity index (χ2n) is 4.64. The van der Waals surface area contributed by atoms with Gasteiger partial charge in [-0.25, -0.2) is 4.39 Å². The van der Waals surface area contributed by atoms with Crippen LogP contribution < -0.4 is 5.32 Å². The Balaban J connectivity index is 1.81. The van der Waals surface area contributed by atoms with Gasteiger partial charge in [0.15, 0.2) is 6.61 Å². The number of benzene rings is 2. The van der Waals surface area contributed by atoms with E-state index in [9.17, 15) is 14.0 Å². The molecular weight excluding hydrogens is 389 g/mol. The molecule has 0 aliphatic rings. The minimum absolute atomic E-state index is 0.0673. The standard InChI is InChI=1S/C16H12BrClFNO3/c17-11-3-1-10(2-4-11)7-16(22)23-9-15(21)20-14-6-5-12(19)8-13(14)18/h1-6,8H,7,9H2,(H,20,21). The third-order valence-corrected chi connectivity index (χ3v) is 3.67. The van der Waals surface area contributed by atoms with Gasteiger partial charge < -0.3 is 10.1 Å². The number of ether oxygens (including phenoxy) is 1. The first kappa shape index (κ1) is 17.4. The molecule has 0 radical (unpaired) electrons. The summed E-state index contributed by atoms with van der Waals surface area (Å²) in [5.41, 5.74) is 1.03. The van der Waals surface area contributed by atoms with E-state index < -0.39 is 24.3 Å². The zero-order valence-corrected chi connectivity index (χ0v) is 14.2. The van der Waals surface area contributed by atoms with E-state index in [1.165, 1.54) is 12.1 Å². The van der Waals surface area contributed by atoms with E-state index in [0.717, 1.165) is 16.1 Å². The van der Waals surface area contributed by atoms with Crippen molar-refractivity contribution >= 4 is 45.1 Å². The Labute approximate surface area is 145 Å². The van der Waals surface area contributed by atoms with Crippen LogP contribution in [-0.2, 0) is 20.7 Å². The van der Waals surface area contributed by atoms with E-state index in [4.69, 9.17) is 16.3 Å². The number of hydrogen-bond acceptors (Lipinski definition) is 3. The first-order valence-corrected chi connectivity index (χ1v) is 7.76. The average molecular weight is 401 g/mol. The number of halogens is 3. The highest BCUT2D eigenvalue weighted by molar-refractivity contribution is 9.10. The van der Waals surface area contributed by atoms with Crippen LogP contribution in [0.5, 0.6) is 0 Å². The van der Waals surface area contributed by atoms with Gasteiger partial charge >= 0.3 is 5.97 Å². The van der Waals surface area contributed by atoms with Crippen molar-refractivity contribution in [3.8, 4) is 0 Å². The van der Waals surface area contributed by atoms with Crippen LogP contribution in [0.4, 0.5) is 10.1 Å². The van der Waals surface area contributed by atoms with E-state index in [-0.39, 0.29) is 17.1 Å². The molecule has 0 atom stereocenters. The van der Waals surface area contributed by atoms with E-state index in [1.807, 2.05) is 12.1 Å². The Morgan fingerprint density at radius 3 is 2.52 bits per heavy atom. The first-order chi connectivity index (χ1) is 10.9. The fraction of sp³-hybridized carbons (Fsp3) is 0.125. The van der Waals surface area contributed by atoms with Crippen molar-refractivity contribution in [3.63, 3.8) is 0 Å². The summed E-state index contributed by atoms with van der Waals surface area (Å²) >= 11 is 9.09.